The van der Waals surface area contributed by atoms with E-state index < -0.39 is 5.91 Å². The van der Waals surface area contributed by atoms with Crippen LogP contribution in [-0.4, -0.2) is 45.1 Å². The van der Waals surface area contributed by atoms with Gasteiger partial charge in [0.25, 0.3) is 5.91 Å². The van der Waals surface area contributed by atoms with Crippen LogP contribution in [0.2, 0.25) is 0 Å². The summed E-state index contributed by atoms with van der Waals surface area (Å²) < 4.78 is 1.48. The average molecular weight is 391 g/mol. The number of amides is 2. The number of primary amides is 1. The van der Waals surface area contributed by atoms with Crippen molar-refractivity contribution in [3.63, 3.8) is 0 Å². The Balaban J connectivity index is 1.64. The zero-order valence-electron chi connectivity index (χ0n) is 15.8. The van der Waals surface area contributed by atoms with E-state index in [4.69, 9.17) is 5.73 Å². The van der Waals surface area contributed by atoms with Crippen molar-refractivity contribution in [3.8, 4) is 5.69 Å². The number of nitrogens with zero attached hydrogens (tertiary/aromatic N) is 5. The molecule has 2 aromatic carbocycles. The van der Waals surface area contributed by atoms with Crippen LogP contribution in [0.3, 0.4) is 0 Å². The van der Waals surface area contributed by atoms with Crippen molar-refractivity contribution >= 4 is 23.2 Å². The number of benzene rings is 2. The molecule has 9 heteroatoms. The molecule has 1 fully saturated rings. The standard InChI is InChI=1S/C20H21N7O2/c21-19(28)14-7-8-18(26-9-2-1-3-10-26)17(12-14)23-20(29)15-5-4-6-16(11-15)27-13-22-24-25-27/h4-8,11-13H,1-3,9-10H2,(H2,21,28)(H,23,29). The first-order valence-electron chi connectivity index (χ1n) is 9.45. The van der Waals surface area contributed by atoms with E-state index in [2.05, 4.69) is 25.7 Å². The highest BCUT2D eigenvalue weighted by atomic mass is 16.2. The second-order valence-corrected chi connectivity index (χ2v) is 6.90. The lowest BCUT2D eigenvalue weighted by atomic mass is 10.1. The molecule has 3 aromatic rings. The quantitative estimate of drug-likeness (QED) is 0.687. The summed E-state index contributed by atoms with van der Waals surface area (Å²) in [7, 11) is 0. The predicted molar refractivity (Wildman–Crippen MR) is 108 cm³/mol. The number of piperidine rings is 1. The molecule has 9 nitrogen and oxygen atoms in total. The highest BCUT2D eigenvalue weighted by Gasteiger charge is 2.18. The van der Waals surface area contributed by atoms with E-state index in [-0.39, 0.29) is 5.91 Å². The van der Waals surface area contributed by atoms with Crippen LogP contribution in [0.4, 0.5) is 11.4 Å². The fourth-order valence-corrected chi connectivity index (χ4v) is 3.46. The zero-order valence-corrected chi connectivity index (χ0v) is 15.8. The number of carbonyl (C=O) groups is 2. The van der Waals surface area contributed by atoms with Crippen molar-refractivity contribution in [2.45, 2.75) is 19.3 Å². The van der Waals surface area contributed by atoms with Crippen molar-refractivity contribution in [1.82, 2.24) is 20.2 Å². The number of carbonyl (C=O) groups excluding carboxylic acids is 2. The highest BCUT2D eigenvalue weighted by Crippen LogP contribution is 2.30. The third-order valence-electron chi connectivity index (χ3n) is 4.95. The maximum Gasteiger partial charge on any atom is 0.255 e. The third kappa shape index (κ3) is 4.08. The molecule has 0 saturated carbocycles. The fourth-order valence-electron chi connectivity index (χ4n) is 3.46. The van der Waals surface area contributed by atoms with Crippen molar-refractivity contribution in [2.75, 3.05) is 23.3 Å². The van der Waals surface area contributed by atoms with Crippen molar-refractivity contribution in [2.24, 2.45) is 5.73 Å². The first-order valence-corrected chi connectivity index (χ1v) is 9.45. The summed E-state index contributed by atoms with van der Waals surface area (Å²) in [4.78, 5) is 26.8. The molecule has 0 unspecified atom stereocenters. The summed E-state index contributed by atoms with van der Waals surface area (Å²) in [6.45, 7) is 1.82. The molecule has 0 bridgehead atoms. The number of rotatable bonds is 5. The van der Waals surface area contributed by atoms with E-state index in [1.807, 2.05) is 6.07 Å². The van der Waals surface area contributed by atoms with Gasteiger partial charge in [-0.1, -0.05) is 6.07 Å². The first kappa shape index (κ1) is 18.6. The van der Waals surface area contributed by atoms with Gasteiger partial charge in [0.05, 0.1) is 17.1 Å². The van der Waals surface area contributed by atoms with E-state index >= 15 is 0 Å². The number of anilines is 2. The van der Waals surface area contributed by atoms with Crippen molar-refractivity contribution in [1.29, 1.82) is 0 Å². The minimum atomic E-state index is -0.536. The first-order chi connectivity index (χ1) is 14.1. The molecule has 2 amide bonds. The molecule has 1 aliphatic heterocycles. The molecule has 3 N–H and O–H groups in total. The number of aromatic nitrogens is 4. The SMILES string of the molecule is NC(=O)c1ccc(N2CCCCC2)c(NC(=O)c2cccc(-n3cnnn3)c2)c1. The molecular weight excluding hydrogens is 370 g/mol. The maximum absolute atomic E-state index is 12.9. The van der Waals surface area contributed by atoms with Gasteiger partial charge in [-0.2, -0.15) is 0 Å². The van der Waals surface area contributed by atoms with Crippen LogP contribution in [0.15, 0.2) is 48.8 Å². The van der Waals surface area contributed by atoms with Gasteiger partial charge in [0.15, 0.2) is 0 Å². The van der Waals surface area contributed by atoms with Crippen LogP contribution in [0.1, 0.15) is 40.0 Å². The third-order valence-corrected chi connectivity index (χ3v) is 4.95. The molecule has 29 heavy (non-hydrogen) atoms. The molecule has 0 spiro atoms. The van der Waals surface area contributed by atoms with Gasteiger partial charge < -0.3 is 16.0 Å². The maximum atomic E-state index is 12.9. The number of hydrogen-bond donors (Lipinski definition) is 2. The highest BCUT2D eigenvalue weighted by molar-refractivity contribution is 6.07. The Bertz CT molecular complexity index is 1030. The largest absolute Gasteiger partial charge is 0.370 e. The number of nitrogens with two attached hydrogens (primary N) is 1. The van der Waals surface area contributed by atoms with Gasteiger partial charge in [-0.15, -0.1) is 5.10 Å². The number of tetrazole rings is 1. The lowest BCUT2D eigenvalue weighted by molar-refractivity contribution is 0.0996. The molecule has 0 atom stereocenters. The van der Waals surface area contributed by atoms with Gasteiger partial charge >= 0.3 is 0 Å². The second-order valence-electron chi connectivity index (χ2n) is 6.90. The number of nitrogens with one attached hydrogen (secondary N) is 1. The van der Waals surface area contributed by atoms with Crippen LogP contribution >= 0.6 is 0 Å². The van der Waals surface area contributed by atoms with E-state index in [1.165, 1.54) is 17.4 Å². The van der Waals surface area contributed by atoms with E-state index in [0.717, 1.165) is 31.6 Å². The van der Waals surface area contributed by atoms with Gasteiger partial charge in [-0.3, -0.25) is 9.59 Å². The minimum absolute atomic E-state index is 0.292. The molecule has 1 saturated heterocycles. The van der Waals surface area contributed by atoms with Crippen LogP contribution < -0.4 is 16.0 Å². The second kappa shape index (κ2) is 8.09. The lowest BCUT2D eigenvalue weighted by Gasteiger charge is -2.30. The van der Waals surface area contributed by atoms with Crippen LogP contribution in [-0.2, 0) is 0 Å². The Kier molecular flexibility index (Phi) is 5.19. The summed E-state index contributed by atoms with van der Waals surface area (Å²) in [6.07, 6.45) is 4.85. The van der Waals surface area contributed by atoms with Gasteiger partial charge in [0, 0.05) is 24.2 Å². The monoisotopic (exact) mass is 391 g/mol. The number of hydrogen-bond acceptors (Lipinski definition) is 6. The summed E-state index contributed by atoms with van der Waals surface area (Å²) in [5, 5.41) is 14.0. The molecule has 2 heterocycles. The van der Waals surface area contributed by atoms with Crippen LogP contribution in [0.5, 0.6) is 0 Å². The van der Waals surface area contributed by atoms with Crippen LogP contribution in [0, 0.1) is 0 Å². The topological polar surface area (TPSA) is 119 Å². The summed E-state index contributed by atoms with van der Waals surface area (Å²) in [6, 6.07) is 12.2. The summed E-state index contributed by atoms with van der Waals surface area (Å²) >= 11 is 0. The molecule has 148 valence electrons. The Morgan fingerprint density at radius 1 is 1.00 bits per heavy atom. The lowest BCUT2D eigenvalue weighted by Crippen LogP contribution is -2.30. The summed E-state index contributed by atoms with van der Waals surface area (Å²) in [5.74, 6) is -0.828. The van der Waals surface area contributed by atoms with Gasteiger partial charge in [-0.25, -0.2) is 4.68 Å². The van der Waals surface area contributed by atoms with E-state index in [9.17, 15) is 9.59 Å². The van der Waals surface area contributed by atoms with Gasteiger partial charge in [-0.05, 0) is 66.1 Å². The fraction of sp³-hybridized carbons (Fsp3) is 0.250. The zero-order chi connectivity index (χ0) is 20.2. The molecule has 4 rings (SSSR count). The van der Waals surface area contributed by atoms with E-state index in [0.29, 0.717) is 22.5 Å². The van der Waals surface area contributed by atoms with E-state index in [1.54, 1.807) is 36.4 Å². The normalized spacial score (nSPS) is 13.9. The molecule has 1 aliphatic rings. The predicted octanol–water partition coefficient (Wildman–Crippen LogP) is 2.00. The Morgan fingerprint density at radius 2 is 1.83 bits per heavy atom. The van der Waals surface area contributed by atoms with Gasteiger partial charge in [0.1, 0.15) is 6.33 Å². The summed E-state index contributed by atoms with van der Waals surface area (Å²) in [5.41, 5.74) is 8.37. The van der Waals surface area contributed by atoms with Crippen molar-refractivity contribution in [3.05, 3.63) is 59.9 Å². The molecular formula is C20H21N7O2. The minimum Gasteiger partial charge on any atom is -0.370 e. The van der Waals surface area contributed by atoms with Crippen molar-refractivity contribution < 1.29 is 9.59 Å². The average Bonchev–Trinajstić information content (AvgIpc) is 3.29. The van der Waals surface area contributed by atoms with Crippen LogP contribution in [0.25, 0.3) is 5.69 Å². The smallest absolute Gasteiger partial charge is 0.255 e. The molecule has 0 aliphatic carbocycles. The Labute approximate surface area is 167 Å². The Hall–Kier alpha value is -3.75. The Morgan fingerprint density at radius 3 is 2.55 bits per heavy atom. The molecule has 0 radical (unpaired) electrons. The van der Waals surface area contributed by atoms with Gasteiger partial charge in [0.2, 0.25) is 5.91 Å². The molecule has 1 aromatic heterocycles.